The summed E-state index contributed by atoms with van der Waals surface area (Å²) in [5.74, 6) is 0.913. The zero-order valence-electron chi connectivity index (χ0n) is 8.62. The highest BCUT2D eigenvalue weighted by Gasteiger charge is 2.22. The highest BCUT2D eigenvalue weighted by Crippen LogP contribution is 2.09. The molecule has 4 nitrogen and oxygen atoms in total. The molecule has 2 aliphatic heterocycles. The van der Waals surface area contributed by atoms with E-state index < -0.39 is 0 Å². The van der Waals surface area contributed by atoms with Gasteiger partial charge >= 0.3 is 0 Å². The number of amides is 1. The second-order valence-corrected chi connectivity index (χ2v) is 4.04. The molecule has 0 saturated carbocycles. The van der Waals surface area contributed by atoms with Crippen molar-refractivity contribution >= 4 is 11.7 Å². The second kappa shape index (κ2) is 4.09. The van der Waals surface area contributed by atoms with Gasteiger partial charge in [-0.05, 0) is 32.9 Å². The lowest BCUT2D eigenvalue weighted by molar-refractivity contribution is -0.119. The average molecular weight is 195 g/mol. The Morgan fingerprint density at radius 3 is 2.79 bits per heavy atom. The molecule has 0 aromatic carbocycles. The summed E-state index contributed by atoms with van der Waals surface area (Å²) < 4.78 is 0. The third-order valence-electron chi connectivity index (χ3n) is 2.86. The van der Waals surface area contributed by atoms with Crippen LogP contribution in [0.25, 0.3) is 0 Å². The van der Waals surface area contributed by atoms with Gasteiger partial charge in [0.15, 0.2) is 0 Å². The number of hydrogen-bond acceptors (Lipinski definition) is 3. The van der Waals surface area contributed by atoms with E-state index in [0.717, 1.165) is 18.8 Å². The predicted molar refractivity (Wildman–Crippen MR) is 55.3 cm³/mol. The first-order chi connectivity index (χ1) is 6.75. The molecule has 2 aliphatic rings. The van der Waals surface area contributed by atoms with Gasteiger partial charge < -0.3 is 10.2 Å². The molecular weight excluding hydrogens is 178 g/mol. The van der Waals surface area contributed by atoms with Crippen molar-refractivity contribution in [1.82, 2.24) is 10.2 Å². The van der Waals surface area contributed by atoms with Crippen LogP contribution in [-0.4, -0.2) is 42.3 Å². The summed E-state index contributed by atoms with van der Waals surface area (Å²) in [7, 11) is 0. The lowest BCUT2D eigenvalue weighted by Gasteiger charge is -2.13. The van der Waals surface area contributed by atoms with E-state index in [9.17, 15) is 4.79 Å². The van der Waals surface area contributed by atoms with Crippen molar-refractivity contribution in [3.8, 4) is 0 Å². The topological polar surface area (TPSA) is 44.7 Å². The maximum absolute atomic E-state index is 11.1. The van der Waals surface area contributed by atoms with Crippen LogP contribution in [0, 0.1) is 0 Å². The minimum atomic E-state index is -0.177. The lowest BCUT2D eigenvalue weighted by atomic mass is 10.3. The Morgan fingerprint density at radius 1 is 1.50 bits per heavy atom. The van der Waals surface area contributed by atoms with Crippen molar-refractivity contribution in [3.63, 3.8) is 0 Å². The molecule has 1 fully saturated rings. The Hall–Kier alpha value is -0.900. The molecule has 4 heteroatoms. The fraction of sp³-hybridized carbons (Fsp3) is 0.800. The Morgan fingerprint density at radius 2 is 2.21 bits per heavy atom. The summed E-state index contributed by atoms with van der Waals surface area (Å²) in [4.78, 5) is 17.8. The maximum atomic E-state index is 11.1. The number of amidine groups is 1. The van der Waals surface area contributed by atoms with E-state index in [0.29, 0.717) is 0 Å². The van der Waals surface area contributed by atoms with Crippen LogP contribution in [0.15, 0.2) is 4.99 Å². The first-order valence-electron chi connectivity index (χ1n) is 5.35. The smallest absolute Gasteiger partial charge is 0.249 e. The molecule has 1 N–H and O–H groups in total. The number of carbonyl (C=O) groups is 1. The molecule has 0 radical (unpaired) electrons. The van der Waals surface area contributed by atoms with E-state index in [2.05, 4.69) is 15.2 Å². The quantitative estimate of drug-likeness (QED) is 0.708. The third kappa shape index (κ3) is 2.12. The van der Waals surface area contributed by atoms with Crippen LogP contribution in [0.4, 0.5) is 0 Å². The zero-order valence-corrected chi connectivity index (χ0v) is 8.62. The van der Waals surface area contributed by atoms with E-state index in [-0.39, 0.29) is 11.9 Å². The van der Waals surface area contributed by atoms with Crippen LogP contribution >= 0.6 is 0 Å². The first kappa shape index (κ1) is 9.65. The van der Waals surface area contributed by atoms with Gasteiger partial charge in [0, 0.05) is 13.0 Å². The Balaban J connectivity index is 1.75. The fourth-order valence-electron chi connectivity index (χ4n) is 1.97. The van der Waals surface area contributed by atoms with E-state index in [1.165, 1.54) is 25.9 Å². The van der Waals surface area contributed by atoms with Gasteiger partial charge in [0.1, 0.15) is 11.9 Å². The molecule has 78 valence electrons. The van der Waals surface area contributed by atoms with Crippen LogP contribution < -0.4 is 5.32 Å². The number of aliphatic imine (C=N–C) groups is 1. The molecule has 0 spiro atoms. The van der Waals surface area contributed by atoms with E-state index in [4.69, 9.17) is 0 Å². The molecule has 14 heavy (non-hydrogen) atoms. The molecule has 2 heterocycles. The van der Waals surface area contributed by atoms with Crippen LogP contribution in [0.1, 0.15) is 26.2 Å². The van der Waals surface area contributed by atoms with Crippen LogP contribution in [0.3, 0.4) is 0 Å². The predicted octanol–water partition coefficient (Wildman–Crippen LogP) is 0.389. The SMILES string of the molecule is CC1N=C(CCN2CCCC2)NC1=O. The van der Waals surface area contributed by atoms with Crippen LogP contribution in [0.5, 0.6) is 0 Å². The molecule has 0 bridgehead atoms. The van der Waals surface area contributed by atoms with Gasteiger partial charge in [-0.1, -0.05) is 0 Å². The van der Waals surface area contributed by atoms with Gasteiger partial charge in [0.25, 0.3) is 0 Å². The number of hydrogen-bond donors (Lipinski definition) is 1. The average Bonchev–Trinajstić information content (AvgIpc) is 2.74. The maximum Gasteiger partial charge on any atom is 0.249 e. The monoisotopic (exact) mass is 195 g/mol. The van der Waals surface area contributed by atoms with Gasteiger partial charge in [0.05, 0.1) is 0 Å². The first-order valence-corrected chi connectivity index (χ1v) is 5.35. The van der Waals surface area contributed by atoms with Crippen LogP contribution in [0.2, 0.25) is 0 Å². The van der Waals surface area contributed by atoms with Crippen molar-refractivity contribution < 1.29 is 4.79 Å². The van der Waals surface area contributed by atoms with Crippen molar-refractivity contribution in [2.75, 3.05) is 19.6 Å². The largest absolute Gasteiger partial charge is 0.313 e. The van der Waals surface area contributed by atoms with Gasteiger partial charge in [-0.15, -0.1) is 0 Å². The lowest BCUT2D eigenvalue weighted by Crippen LogP contribution is -2.30. The molecule has 0 aromatic rings. The molecule has 1 amide bonds. The van der Waals surface area contributed by atoms with E-state index in [1.54, 1.807) is 0 Å². The van der Waals surface area contributed by atoms with Gasteiger partial charge in [-0.2, -0.15) is 0 Å². The highest BCUT2D eigenvalue weighted by atomic mass is 16.2. The number of likely N-dealkylation sites (tertiary alicyclic amines) is 1. The number of rotatable bonds is 3. The normalized spacial score (nSPS) is 27.9. The van der Waals surface area contributed by atoms with E-state index in [1.807, 2.05) is 6.92 Å². The molecule has 1 saturated heterocycles. The number of nitrogens with zero attached hydrogens (tertiary/aromatic N) is 2. The summed E-state index contributed by atoms with van der Waals surface area (Å²) in [5, 5.41) is 2.81. The van der Waals surface area contributed by atoms with Crippen LogP contribution in [-0.2, 0) is 4.79 Å². The van der Waals surface area contributed by atoms with E-state index >= 15 is 0 Å². The standard InChI is InChI=1S/C10H17N3O/c1-8-10(14)12-9(11-8)4-7-13-5-2-3-6-13/h8H,2-7H2,1H3,(H,11,12,14). The molecule has 0 aliphatic carbocycles. The minimum Gasteiger partial charge on any atom is -0.313 e. The number of nitrogens with one attached hydrogen (secondary N) is 1. The van der Waals surface area contributed by atoms with Gasteiger partial charge in [-0.25, -0.2) is 0 Å². The summed E-state index contributed by atoms with van der Waals surface area (Å²) in [6.07, 6.45) is 3.51. The fourth-order valence-corrected chi connectivity index (χ4v) is 1.97. The Labute approximate surface area is 84.4 Å². The molecular formula is C10H17N3O. The summed E-state index contributed by atoms with van der Waals surface area (Å²) in [5.41, 5.74) is 0. The minimum absolute atomic E-state index is 0.0430. The number of carbonyl (C=O) groups excluding carboxylic acids is 1. The van der Waals surface area contributed by atoms with Crippen molar-refractivity contribution in [1.29, 1.82) is 0 Å². The Kier molecular flexibility index (Phi) is 2.82. The molecule has 1 atom stereocenters. The molecule has 1 unspecified atom stereocenters. The van der Waals surface area contributed by atoms with Gasteiger partial charge in [0.2, 0.25) is 5.91 Å². The molecule has 2 rings (SSSR count). The summed E-state index contributed by atoms with van der Waals surface area (Å²) in [6, 6.07) is -0.177. The zero-order chi connectivity index (χ0) is 9.97. The van der Waals surface area contributed by atoms with Crippen molar-refractivity contribution in [2.24, 2.45) is 4.99 Å². The van der Waals surface area contributed by atoms with Crippen molar-refractivity contribution in [3.05, 3.63) is 0 Å². The van der Waals surface area contributed by atoms with Gasteiger partial charge in [-0.3, -0.25) is 9.79 Å². The third-order valence-corrected chi connectivity index (χ3v) is 2.86. The summed E-state index contributed by atoms with van der Waals surface area (Å²) in [6.45, 7) is 5.28. The highest BCUT2D eigenvalue weighted by molar-refractivity contribution is 6.05. The Bertz CT molecular complexity index is 256. The molecule has 0 aromatic heterocycles. The second-order valence-electron chi connectivity index (χ2n) is 4.04. The summed E-state index contributed by atoms with van der Waals surface area (Å²) >= 11 is 0. The van der Waals surface area contributed by atoms with Crippen molar-refractivity contribution in [2.45, 2.75) is 32.2 Å².